The van der Waals surface area contributed by atoms with Crippen molar-refractivity contribution in [2.75, 3.05) is 0 Å². The molecule has 2 aromatic heterocycles. The van der Waals surface area contributed by atoms with E-state index < -0.39 is 5.69 Å². The molecule has 144 valence electrons. The van der Waals surface area contributed by atoms with Gasteiger partial charge in [0.1, 0.15) is 0 Å². The zero-order valence-electron chi connectivity index (χ0n) is 16.1. The summed E-state index contributed by atoms with van der Waals surface area (Å²) in [6.45, 7) is 4.98. The van der Waals surface area contributed by atoms with E-state index in [2.05, 4.69) is 48.1 Å². The number of hydrogen-bond donors (Lipinski definition) is 1. The van der Waals surface area contributed by atoms with Crippen LogP contribution in [0.5, 0.6) is 0 Å². The molecule has 0 unspecified atom stereocenters. The van der Waals surface area contributed by atoms with Gasteiger partial charge in [0.2, 0.25) is 0 Å². The number of fused-ring (bicyclic) bond motifs is 1. The van der Waals surface area contributed by atoms with E-state index in [4.69, 9.17) is 0 Å². The minimum atomic E-state index is -0.432. The third-order valence-electron chi connectivity index (χ3n) is 4.70. The predicted octanol–water partition coefficient (Wildman–Crippen LogP) is 3.60. The molecule has 0 atom stereocenters. The van der Waals surface area contributed by atoms with Crippen molar-refractivity contribution < 1.29 is 0 Å². The Hall–Kier alpha value is -2.28. The van der Waals surface area contributed by atoms with E-state index in [1.165, 1.54) is 22.1 Å². The number of benzene rings is 1. The second-order valence-electron chi connectivity index (χ2n) is 6.87. The maximum atomic E-state index is 12.4. The van der Waals surface area contributed by atoms with Crippen molar-refractivity contribution in [1.29, 1.82) is 0 Å². The maximum Gasteiger partial charge on any atom is 0.329 e. The number of aromatic nitrogens is 4. The first kappa shape index (κ1) is 19.5. The number of nitrogens with one attached hydrogen (secondary N) is 1. The molecular formula is C20H26N4O2S. The first-order valence-corrected chi connectivity index (χ1v) is 10.4. The fourth-order valence-electron chi connectivity index (χ4n) is 3.06. The lowest BCUT2D eigenvalue weighted by atomic mass is 10.2. The molecule has 7 heteroatoms. The fraction of sp³-hybridized carbons (Fsp3) is 0.450. The van der Waals surface area contributed by atoms with Gasteiger partial charge in [0.25, 0.3) is 5.56 Å². The summed E-state index contributed by atoms with van der Waals surface area (Å²) in [5.74, 6) is 0.768. The van der Waals surface area contributed by atoms with Crippen molar-refractivity contribution in [3.8, 4) is 0 Å². The van der Waals surface area contributed by atoms with Gasteiger partial charge < -0.3 is 4.57 Å². The van der Waals surface area contributed by atoms with E-state index in [9.17, 15) is 9.59 Å². The van der Waals surface area contributed by atoms with Gasteiger partial charge in [0.05, 0.1) is 0 Å². The standard InChI is InChI=1S/C20H26N4O2S/c1-4-5-6-7-12-24-16-17(23(3)19(26)22-18(16)25)21-20(24)27-13-15-10-8-14(2)9-11-15/h8-11H,4-7,12-13H2,1-3H3,(H,22,25,26). The summed E-state index contributed by atoms with van der Waals surface area (Å²) in [6.07, 6.45) is 4.43. The topological polar surface area (TPSA) is 72.7 Å². The summed E-state index contributed by atoms with van der Waals surface area (Å²) in [4.78, 5) is 31.4. The van der Waals surface area contributed by atoms with Crippen molar-refractivity contribution in [2.24, 2.45) is 7.05 Å². The predicted molar refractivity (Wildman–Crippen MR) is 110 cm³/mol. The summed E-state index contributed by atoms with van der Waals surface area (Å²) in [5, 5.41) is 0.786. The van der Waals surface area contributed by atoms with Gasteiger partial charge in [-0.1, -0.05) is 67.8 Å². The largest absolute Gasteiger partial charge is 0.329 e. The van der Waals surface area contributed by atoms with Crippen molar-refractivity contribution in [3.05, 3.63) is 56.2 Å². The quantitative estimate of drug-likeness (QED) is 0.474. The van der Waals surface area contributed by atoms with Crippen LogP contribution in [0.4, 0.5) is 0 Å². The lowest BCUT2D eigenvalue weighted by Gasteiger charge is -2.08. The van der Waals surface area contributed by atoms with Gasteiger partial charge in [0, 0.05) is 19.3 Å². The van der Waals surface area contributed by atoms with Gasteiger partial charge in [-0.05, 0) is 18.9 Å². The number of hydrogen-bond acceptors (Lipinski definition) is 4. The molecule has 6 nitrogen and oxygen atoms in total. The Morgan fingerprint density at radius 3 is 2.56 bits per heavy atom. The number of imidazole rings is 1. The molecule has 2 heterocycles. The van der Waals surface area contributed by atoms with E-state index in [1.54, 1.807) is 18.8 Å². The average molecular weight is 387 g/mol. The van der Waals surface area contributed by atoms with Crippen LogP contribution >= 0.6 is 11.8 Å². The first-order chi connectivity index (χ1) is 13.0. The molecule has 1 aromatic carbocycles. The third-order valence-corrected chi connectivity index (χ3v) is 5.74. The zero-order valence-corrected chi connectivity index (χ0v) is 16.9. The number of aryl methyl sites for hydroxylation is 3. The molecule has 0 amide bonds. The smallest absolute Gasteiger partial charge is 0.313 e. The molecule has 0 aliphatic carbocycles. The maximum absolute atomic E-state index is 12.4. The molecule has 3 aromatic rings. The number of rotatable bonds is 8. The fourth-order valence-corrected chi connectivity index (χ4v) is 4.04. The molecule has 0 saturated heterocycles. The Bertz CT molecular complexity index is 1030. The van der Waals surface area contributed by atoms with Crippen molar-refractivity contribution >= 4 is 22.9 Å². The van der Waals surface area contributed by atoms with Crippen LogP contribution < -0.4 is 11.2 Å². The number of H-pyrrole nitrogens is 1. The van der Waals surface area contributed by atoms with Crippen LogP contribution in [0.25, 0.3) is 11.2 Å². The minimum absolute atomic E-state index is 0.363. The lowest BCUT2D eigenvalue weighted by molar-refractivity contribution is 0.562. The molecule has 0 radical (unpaired) electrons. The molecular weight excluding hydrogens is 360 g/mol. The van der Waals surface area contributed by atoms with Crippen molar-refractivity contribution in [1.82, 2.24) is 19.1 Å². The molecule has 0 aliphatic heterocycles. The van der Waals surface area contributed by atoms with Crippen LogP contribution in [0.3, 0.4) is 0 Å². The van der Waals surface area contributed by atoms with E-state index in [0.29, 0.717) is 11.2 Å². The SMILES string of the molecule is CCCCCCn1c(SCc2ccc(C)cc2)nc2c1c(=O)[nH]c(=O)n2C. The monoisotopic (exact) mass is 386 g/mol. The third kappa shape index (κ3) is 4.35. The molecule has 0 aliphatic rings. The Kier molecular flexibility index (Phi) is 6.21. The Labute approximate surface area is 162 Å². The molecule has 0 saturated carbocycles. The highest BCUT2D eigenvalue weighted by Crippen LogP contribution is 2.25. The molecule has 0 fully saturated rings. The Morgan fingerprint density at radius 1 is 1.11 bits per heavy atom. The first-order valence-electron chi connectivity index (χ1n) is 9.39. The van der Waals surface area contributed by atoms with E-state index in [0.717, 1.165) is 36.7 Å². The van der Waals surface area contributed by atoms with Gasteiger partial charge >= 0.3 is 5.69 Å². The van der Waals surface area contributed by atoms with Gasteiger partial charge in [-0.15, -0.1) is 0 Å². The average Bonchev–Trinajstić information content (AvgIpc) is 3.02. The van der Waals surface area contributed by atoms with Crippen LogP contribution in [-0.2, 0) is 19.3 Å². The number of unbranched alkanes of at least 4 members (excludes halogenated alkanes) is 3. The summed E-state index contributed by atoms with van der Waals surface area (Å²) in [5.41, 5.74) is 2.58. The second-order valence-corrected chi connectivity index (χ2v) is 7.81. The van der Waals surface area contributed by atoms with Crippen LogP contribution in [0, 0.1) is 6.92 Å². The Morgan fingerprint density at radius 2 is 1.85 bits per heavy atom. The minimum Gasteiger partial charge on any atom is -0.313 e. The van der Waals surface area contributed by atoms with Crippen LogP contribution in [0.15, 0.2) is 39.0 Å². The van der Waals surface area contributed by atoms with Crippen LogP contribution in [0.2, 0.25) is 0 Å². The molecule has 0 bridgehead atoms. The normalized spacial score (nSPS) is 11.4. The molecule has 3 rings (SSSR count). The van der Waals surface area contributed by atoms with Gasteiger partial charge in [0.15, 0.2) is 16.3 Å². The van der Waals surface area contributed by atoms with E-state index in [-0.39, 0.29) is 5.56 Å². The molecule has 0 spiro atoms. The number of thioether (sulfide) groups is 1. The molecule has 1 N–H and O–H groups in total. The summed E-state index contributed by atoms with van der Waals surface area (Å²) >= 11 is 1.60. The summed E-state index contributed by atoms with van der Waals surface area (Å²) in [7, 11) is 1.64. The highest BCUT2D eigenvalue weighted by Gasteiger charge is 2.17. The van der Waals surface area contributed by atoms with Crippen LogP contribution in [-0.4, -0.2) is 19.1 Å². The molecule has 27 heavy (non-hydrogen) atoms. The van der Waals surface area contributed by atoms with Crippen molar-refractivity contribution in [3.63, 3.8) is 0 Å². The van der Waals surface area contributed by atoms with Gasteiger partial charge in [-0.25, -0.2) is 9.78 Å². The van der Waals surface area contributed by atoms with Gasteiger partial charge in [-0.2, -0.15) is 0 Å². The highest BCUT2D eigenvalue weighted by molar-refractivity contribution is 7.98. The summed E-state index contributed by atoms with van der Waals surface area (Å²) in [6, 6.07) is 8.41. The lowest BCUT2D eigenvalue weighted by Crippen LogP contribution is -2.29. The van der Waals surface area contributed by atoms with Crippen LogP contribution in [0.1, 0.15) is 43.7 Å². The number of nitrogens with zero attached hydrogens (tertiary/aromatic N) is 3. The highest BCUT2D eigenvalue weighted by atomic mass is 32.2. The second kappa shape index (κ2) is 8.61. The summed E-state index contributed by atoms with van der Waals surface area (Å²) < 4.78 is 3.39. The zero-order chi connectivity index (χ0) is 19.4. The van der Waals surface area contributed by atoms with E-state index in [1.807, 2.05) is 4.57 Å². The van der Waals surface area contributed by atoms with E-state index >= 15 is 0 Å². The number of aromatic amines is 1. The van der Waals surface area contributed by atoms with Gasteiger partial charge in [-0.3, -0.25) is 14.3 Å². The van der Waals surface area contributed by atoms with Crippen molar-refractivity contribution in [2.45, 2.75) is 57.0 Å². The Balaban J connectivity index is 1.95.